The normalized spacial score (nSPS) is 44.0. The first-order valence-electron chi connectivity index (χ1n) is 9.70. The summed E-state index contributed by atoms with van der Waals surface area (Å²) >= 11 is 0. The molecule has 0 radical (unpaired) electrons. The summed E-state index contributed by atoms with van der Waals surface area (Å²) in [4.78, 5) is 0. The third-order valence-corrected chi connectivity index (χ3v) is 8.20. The summed E-state index contributed by atoms with van der Waals surface area (Å²) in [5.41, 5.74) is 6.31. The fraction of sp³-hybridized carbons (Fsp3) is 0.727. The van der Waals surface area contributed by atoms with Gasteiger partial charge in [-0.15, -0.1) is 6.58 Å². The molecule has 0 aromatic carbocycles. The van der Waals surface area contributed by atoms with Crippen LogP contribution in [0, 0.1) is 22.7 Å². The Morgan fingerprint density at radius 1 is 1.23 bits per heavy atom. The Labute approximate surface area is 136 Å². The Morgan fingerprint density at radius 3 is 2.82 bits per heavy atom. The first kappa shape index (κ1) is 14.8. The summed E-state index contributed by atoms with van der Waals surface area (Å²) in [5, 5.41) is 0. The van der Waals surface area contributed by atoms with Gasteiger partial charge in [0.15, 0.2) is 0 Å². The topological polar surface area (TPSA) is 0 Å². The van der Waals surface area contributed by atoms with Crippen LogP contribution >= 0.6 is 0 Å². The summed E-state index contributed by atoms with van der Waals surface area (Å²) in [6.45, 7) is 9.24. The molecule has 0 aliphatic heterocycles. The maximum absolute atomic E-state index is 4.26. The summed E-state index contributed by atoms with van der Waals surface area (Å²) in [6.07, 6.45) is 18.9. The average Bonchev–Trinajstić information content (AvgIpc) is 2.87. The zero-order valence-electron chi connectivity index (χ0n) is 14.6. The lowest BCUT2D eigenvalue weighted by Crippen LogP contribution is -2.43. The lowest BCUT2D eigenvalue weighted by Gasteiger charge is -2.51. The Kier molecular flexibility index (Phi) is 3.44. The van der Waals surface area contributed by atoms with Crippen molar-refractivity contribution in [2.45, 2.75) is 78.1 Å². The third-order valence-electron chi connectivity index (χ3n) is 8.20. The van der Waals surface area contributed by atoms with E-state index in [1.54, 1.807) is 5.57 Å². The first-order valence-corrected chi connectivity index (χ1v) is 9.70. The third kappa shape index (κ3) is 1.76. The molecule has 22 heavy (non-hydrogen) atoms. The number of allylic oxidation sites excluding steroid dienone is 5. The number of hydrogen-bond acceptors (Lipinski definition) is 0. The molecule has 0 heterocycles. The molecule has 0 N–H and O–H groups in total. The quantitative estimate of drug-likeness (QED) is 0.504. The van der Waals surface area contributed by atoms with Gasteiger partial charge in [0.1, 0.15) is 0 Å². The molecule has 0 aromatic heterocycles. The molecule has 0 saturated heterocycles. The van der Waals surface area contributed by atoms with Gasteiger partial charge < -0.3 is 0 Å². The zero-order valence-corrected chi connectivity index (χ0v) is 14.6. The van der Waals surface area contributed by atoms with E-state index >= 15 is 0 Å². The lowest BCUT2D eigenvalue weighted by molar-refractivity contribution is 0.0558. The van der Waals surface area contributed by atoms with E-state index in [2.05, 4.69) is 32.6 Å². The van der Waals surface area contributed by atoms with E-state index in [1.165, 1.54) is 64.2 Å². The van der Waals surface area contributed by atoms with Crippen LogP contribution in [-0.4, -0.2) is 0 Å². The van der Waals surface area contributed by atoms with Crippen LogP contribution in [0.1, 0.15) is 78.1 Å². The maximum atomic E-state index is 4.26. The molecule has 4 rings (SSSR count). The van der Waals surface area contributed by atoms with Crippen LogP contribution in [0.2, 0.25) is 0 Å². The average molecular weight is 296 g/mol. The van der Waals surface area contributed by atoms with Crippen molar-refractivity contribution in [3.8, 4) is 0 Å². The predicted octanol–water partition coefficient (Wildman–Crippen LogP) is 6.60. The van der Waals surface area contributed by atoms with E-state index in [9.17, 15) is 0 Å². The lowest BCUT2D eigenvalue weighted by atomic mass is 9.53. The summed E-state index contributed by atoms with van der Waals surface area (Å²) in [7, 11) is 0. The SMILES string of the molecule is C=C[C@@]1(CC)CCC2C3CCC4=C(CCCC4)C3=CCC21C. The van der Waals surface area contributed by atoms with E-state index in [-0.39, 0.29) is 0 Å². The standard InChI is InChI=1S/C22H32/c1-4-22(5-2)15-13-20-19-11-10-16-8-6-7-9-17(16)18(19)12-14-21(20,22)3/h4,12,19-20H,1,5-11,13-15H2,2-3H3/t19?,20?,21?,22-/m1/s1. The molecule has 3 unspecified atom stereocenters. The van der Waals surface area contributed by atoms with E-state index in [1.807, 2.05) is 11.1 Å². The highest BCUT2D eigenvalue weighted by molar-refractivity contribution is 5.44. The fourth-order valence-electron chi connectivity index (χ4n) is 6.76. The van der Waals surface area contributed by atoms with Gasteiger partial charge in [-0.1, -0.05) is 31.6 Å². The van der Waals surface area contributed by atoms with Crippen LogP contribution in [0.3, 0.4) is 0 Å². The summed E-state index contributed by atoms with van der Waals surface area (Å²) in [5.74, 6) is 1.77. The monoisotopic (exact) mass is 296 g/mol. The molecule has 1 saturated carbocycles. The van der Waals surface area contributed by atoms with Crippen LogP contribution in [-0.2, 0) is 0 Å². The Balaban J connectivity index is 1.75. The molecule has 1 fully saturated rings. The van der Waals surface area contributed by atoms with Gasteiger partial charge in [-0.3, -0.25) is 0 Å². The Morgan fingerprint density at radius 2 is 2.05 bits per heavy atom. The minimum Gasteiger partial charge on any atom is -0.103 e. The number of rotatable bonds is 2. The van der Waals surface area contributed by atoms with Crippen molar-refractivity contribution in [3.63, 3.8) is 0 Å². The summed E-state index contributed by atoms with van der Waals surface area (Å²) < 4.78 is 0. The molecular formula is C22H32. The van der Waals surface area contributed by atoms with Crippen LogP contribution in [0.5, 0.6) is 0 Å². The zero-order chi connectivity index (χ0) is 15.4. The van der Waals surface area contributed by atoms with Gasteiger partial charge in [-0.25, -0.2) is 0 Å². The molecule has 4 aliphatic carbocycles. The predicted molar refractivity (Wildman–Crippen MR) is 94.7 cm³/mol. The van der Waals surface area contributed by atoms with E-state index in [0.29, 0.717) is 10.8 Å². The molecule has 4 aliphatic rings. The van der Waals surface area contributed by atoms with Crippen molar-refractivity contribution in [2.75, 3.05) is 0 Å². The van der Waals surface area contributed by atoms with Crippen molar-refractivity contribution in [1.82, 2.24) is 0 Å². The van der Waals surface area contributed by atoms with Crippen molar-refractivity contribution in [2.24, 2.45) is 22.7 Å². The highest BCUT2D eigenvalue weighted by Crippen LogP contribution is 2.67. The highest BCUT2D eigenvalue weighted by Gasteiger charge is 2.58. The first-order chi connectivity index (χ1) is 10.6. The molecule has 0 heteroatoms. The molecule has 0 spiro atoms. The van der Waals surface area contributed by atoms with Gasteiger partial charge in [-0.2, -0.15) is 0 Å². The second kappa shape index (κ2) is 5.11. The largest absolute Gasteiger partial charge is 0.103 e. The number of hydrogen-bond donors (Lipinski definition) is 0. The van der Waals surface area contributed by atoms with Crippen molar-refractivity contribution >= 4 is 0 Å². The molecule has 0 bridgehead atoms. The molecule has 0 aromatic rings. The Hall–Kier alpha value is -0.780. The molecule has 4 atom stereocenters. The minimum absolute atomic E-state index is 0.390. The van der Waals surface area contributed by atoms with Gasteiger partial charge in [0.2, 0.25) is 0 Å². The molecule has 0 amide bonds. The van der Waals surface area contributed by atoms with Crippen LogP contribution in [0.15, 0.2) is 35.5 Å². The fourth-order valence-corrected chi connectivity index (χ4v) is 6.76. The van der Waals surface area contributed by atoms with Crippen LogP contribution in [0.25, 0.3) is 0 Å². The molecule has 0 nitrogen and oxygen atoms in total. The van der Waals surface area contributed by atoms with E-state index in [0.717, 1.165) is 11.8 Å². The highest BCUT2D eigenvalue weighted by atomic mass is 14.6. The van der Waals surface area contributed by atoms with Gasteiger partial charge in [0.05, 0.1) is 0 Å². The van der Waals surface area contributed by atoms with Crippen molar-refractivity contribution < 1.29 is 0 Å². The van der Waals surface area contributed by atoms with Crippen LogP contribution in [0.4, 0.5) is 0 Å². The van der Waals surface area contributed by atoms with Gasteiger partial charge in [0.25, 0.3) is 0 Å². The maximum Gasteiger partial charge on any atom is -0.00638 e. The second-order valence-electron chi connectivity index (χ2n) is 8.57. The van der Waals surface area contributed by atoms with Crippen molar-refractivity contribution in [1.29, 1.82) is 0 Å². The summed E-state index contributed by atoms with van der Waals surface area (Å²) in [6, 6.07) is 0. The minimum atomic E-state index is 0.390. The molecule has 120 valence electrons. The van der Waals surface area contributed by atoms with Gasteiger partial charge in [0, 0.05) is 0 Å². The van der Waals surface area contributed by atoms with Gasteiger partial charge >= 0.3 is 0 Å². The second-order valence-corrected chi connectivity index (χ2v) is 8.57. The van der Waals surface area contributed by atoms with Crippen LogP contribution < -0.4 is 0 Å². The smallest absolute Gasteiger partial charge is 0.00638 e. The van der Waals surface area contributed by atoms with Gasteiger partial charge in [-0.05, 0) is 98.0 Å². The Bertz CT molecular complexity index is 548. The van der Waals surface area contributed by atoms with Crippen molar-refractivity contribution in [3.05, 3.63) is 35.5 Å². The molecular weight excluding hydrogens is 264 g/mol. The van der Waals surface area contributed by atoms with E-state index in [4.69, 9.17) is 0 Å². The van der Waals surface area contributed by atoms with E-state index < -0.39 is 0 Å². The number of fused-ring (bicyclic) bond motifs is 4.